The van der Waals surface area contributed by atoms with E-state index >= 15 is 0 Å². The predicted molar refractivity (Wildman–Crippen MR) is 70.3 cm³/mol. The van der Waals surface area contributed by atoms with Crippen LogP contribution in [-0.2, 0) is 20.8 Å². The Hall–Kier alpha value is -1.18. The van der Waals surface area contributed by atoms with Gasteiger partial charge in [0.15, 0.2) is 6.29 Å². The first kappa shape index (κ1) is 15.2. The van der Waals surface area contributed by atoms with Gasteiger partial charge in [-0.2, -0.15) is 0 Å². The van der Waals surface area contributed by atoms with Crippen molar-refractivity contribution in [1.29, 1.82) is 0 Å². The standard InChI is InChI=1S/C14H20O6/c1-17-10-5-3-9(4-6-10)7-19-8-11-12(15)13(18-2)14(16)20-11/h3-6,11-16H,7-8H2,1-2H3/t11-,12+,13-,14+/m1/s1. The fraction of sp³-hybridized carbons (Fsp3) is 0.571. The fourth-order valence-electron chi connectivity index (χ4n) is 2.13. The number of benzene rings is 1. The SMILES string of the molecule is COc1ccc(COC[C@H]2O[C@H](O)[C@H](OC)[C@H]2O)cc1. The minimum absolute atomic E-state index is 0.185. The number of methoxy groups -OCH3 is 2. The molecule has 1 heterocycles. The van der Waals surface area contributed by atoms with Crippen molar-refractivity contribution < 1.29 is 29.2 Å². The third kappa shape index (κ3) is 3.47. The average molecular weight is 284 g/mol. The molecule has 0 aromatic heterocycles. The zero-order valence-electron chi connectivity index (χ0n) is 11.6. The summed E-state index contributed by atoms with van der Waals surface area (Å²) in [4.78, 5) is 0. The molecule has 20 heavy (non-hydrogen) atoms. The van der Waals surface area contributed by atoms with E-state index in [1.54, 1.807) is 7.11 Å². The van der Waals surface area contributed by atoms with E-state index in [1.807, 2.05) is 24.3 Å². The summed E-state index contributed by atoms with van der Waals surface area (Å²) in [6.45, 7) is 0.578. The molecule has 4 atom stereocenters. The van der Waals surface area contributed by atoms with E-state index < -0.39 is 24.6 Å². The molecular weight excluding hydrogens is 264 g/mol. The van der Waals surface area contributed by atoms with E-state index in [4.69, 9.17) is 18.9 Å². The summed E-state index contributed by atoms with van der Waals surface area (Å²) in [6.07, 6.45) is -3.34. The van der Waals surface area contributed by atoms with Gasteiger partial charge < -0.3 is 29.2 Å². The van der Waals surface area contributed by atoms with Crippen LogP contribution in [0.4, 0.5) is 0 Å². The minimum Gasteiger partial charge on any atom is -0.497 e. The first-order valence-electron chi connectivity index (χ1n) is 6.40. The number of aliphatic hydroxyl groups is 2. The van der Waals surface area contributed by atoms with Crippen LogP contribution in [0.1, 0.15) is 5.56 Å². The Kier molecular flexibility index (Phi) is 5.33. The molecule has 1 aliphatic rings. The Morgan fingerprint density at radius 3 is 2.40 bits per heavy atom. The fourth-order valence-corrected chi connectivity index (χ4v) is 2.13. The Balaban J connectivity index is 1.78. The van der Waals surface area contributed by atoms with Gasteiger partial charge in [0, 0.05) is 7.11 Å². The molecule has 1 aliphatic heterocycles. The smallest absolute Gasteiger partial charge is 0.184 e. The van der Waals surface area contributed by atoms with Crippen LogP contribution >= 0.6 is 0 Å². The molecule has 0 saturated carbocycles. The molecule has 1 aromatic rings. The summed E-state index contributed by atoms with van der Waals surface area (Å²) in [7, 11) is 3.03. The normalized spacial score (nSPS) is 29.6. The third-order valence-electron chi connectivity index (χ3n) is 3.29. The second kappa shape index (κ2) is 7.01. The Bertz CT molecular complexity index is 407. The molecule has 1 fully saturated rings. The van der Waals surface area contributed by atoms with Crippen LogP contribution in [0.25, 0.3) is 0 Å². The van der Waals surface area contributed by atoms with Gasteiger partial charge in [0.05, 0.1) is 20.3 Å². The lowest BCUT2D eigenvalue weighted by Gasteiger charge is -2.16. The van der Waals surface area contributed by atoms with E-state index in [1.165, 1.54) is 7.11 Å². The van der Waals surface area contributed by atoms with Crippen molar-refractivity contribution in [2.24, 2.45) is 0 Å². The molecule has 6 nitrogen and oxygen atoms in total. The number of ether oxygens (including phenoxy) is 4. The van der Waals surface area contributed by atoms with Crippen molar-refractivity contribution in [3.05, 3.63) is 29.8 Å². The molecular formula is C14H20O6. The highest BCUT2D eigenvalue weighted by Gasteiger charge is 2.43. The third-order valence-corrected chi connectivity index (χ3v) is 3.29. The van der Waals surface area contributed by atoms with Gasteiger partial charge in [-0.15, -0.1) is 0 Å². The summed E-state index contributed by atoms with van der Waals surface area (Å²) in [5.74, 6) is 0.786. The van der Waals surface area contributed by atoms with Gasteiger partial charge in [-0.1, -0.05) is 12.1 Å². The van der Waals surface area contributed by atoms with Crippen LogP contribution in [0.15, 0.2) is 24.3 Å². The molecule has 0 aliphatic carbocycles. The Morgan fingerprint density at radius 2 is 1.85 bits per heavy atom. The monoisotopic (exact) mass is 284 g/mol. The van der Waals surface area contributed by atoms with Crippen LogP contribution in [-0.4, -0.2) is 55.6 Å². The zero-order valence-corrected chi connectivity index (χ0v) is 11.6. The van der Waals surface area contributed by atoms with Crippen molar-refractivity contribution >= 4 is 0 Å². The minimum atomic E-state index is -1.12. The predicted octanol–water partition coefficient (Wildman–Crippen LogP) is 0.305. The lowest BCUT2D eigenvalue weighted by atomic mass is 10.1. The van der Waals surface area contributed by atoms with Gasteiger partial charge in [0.2, 0.25) is 0 Å². The number of rotatable bonds is 6. The summed E-state index contributed by atoms with van der Waals surface area (Å²) in [5.41, 5.74) is 0.988. The van der Waals surface area contributed by atoms with Crippen LogP contribution < -0.4 is 4.74 Å². The van der Waals surface area contributed by atoms with Crippen molar-refractivity contribution in [2.75, 3.05) is 20.8 Å². The zero-order chi connectivity index (χ0) is 14.5. The van der Waals surface area contributed by atoms with E-state index in [-0.39, 0.29) is 6.61 Å². The van der Waals surface area contributed by atoms with Crippen molar-refractivity contribution in [1.82, 2.24) is 0 Å². The first-order chi connectivity index (χ1) is 9.65. The van der Waals surface area contributed by atoms with E-state index in [0.717, 1.165) is 11.3 Å². The summed E-state index contributed by atoms with van der Waals surface area (Å²) in [6, 6.07) is 7.50. The van der Waals surface area contributed by atoms with Gasteiger partial charge in [-0.05, 0) is 17.7 Å². The summed E-state index contributed by atoms with van der Waals surface area (Å²) >= 11 is 0. The molecule has 0 bridgehead atoms. The average Bonchev–Trinajstić information content (AvgIpc) is 2.74. The van der Waals surface area contributed by atoms with E-state index in [0.29, 0.717) is 6.61 Å². The van der Waals surface area contributed by atoms with Crippen LogP contribution in [0.3, 0.4) is 0 Å². The summed E-state index contributed by atoms with van der Waals surface area (Å²) in [5, 5.41) is 19.4. The van der Waals surface area contributed by atoms with Gasteiger partial charge in [0.25, 0.3) is 0 Å². The number of aliphatic hydroxyl groups excluding tert-OH is 2. The molecule has 1 saturated heterocycles. The highest BCUT2D eigenvalue weighted by atomic mass is 16.7. The number of hydrogen-bond donors (Lipinski definition) is 2. The molecule has 0 spiro atoms. The topological polar surface area (TPSA) is 77.4 Å². The number of hydrogen-bond acceptors (Lipinski definition) is 6. The van der Waals surface area contributed by atoms with E-state index in [2.05, 4.69) is 0 Å². The molecule has 0 unspecified atom stereocenters. The quantitative estimate of drug-likeness (QED) is 0.782. The van der Waals surface area contributed by atoms with E-state index in [9.17, 15) is 10.2 Å². The van der Waals surface area contributed by atoms with Crippen LogP contribution in [0.5, 0.6) is 5.75 Å². The lowest BCUT2D eigenvalue weighted by molar-refractivity contribution is -0.143. The second-order valence-corrected chi connectivity index (χ2v) is 4.62. The molecule has 2 N–H and O–H groups in total. The van der Waals surface area contributed by atoms with Crippen molar-refractivity contribution in [2.45, 2.75) is 31.2 Å². The maximum absolute atomic E-state index is 9.88. The summed E-state index contributed by atoms with van der Waals surface area (Å²) < 4.78 is 20.7. The van der Waals surface area contributed by atoms with Gasteiger partial charge in [-0.3, -0.25) is 0 Å². The van der Waals surface area contributed by atoms with Crippen LogP contribution in [0, 0.1) is 0 Å². The molecule has 1 aromatic carbocycles. The molecule has 2 rings (SSSR count). The maximum atomic E-state index is 9.88. The highest BCUT2D eigenvalue weighted by Crippen LogP contribution is 2.22. The van der Waals surface area contributed by atoms with Crippen molar-refractivity contribution in [3.8, 4) is 5.75 Å². The second-order valence-electron chi connectivity index (χ2n) is 4.62. The molecule has 0 radical (unpaired) electrons. The van der Waals surface area contributed by atoms with Crippen molar-refractivity contribution in [3.63, 3.8) is 0 Å². The lowest BCUT2D eigenvalue weighted by Crippen LogP contribution is -2.35. The Morgan fingerprint density at radius 1 is 1.15 bits per heavy atom. The first-order valence-corrected chi connectivity index (χ1v) is 6.40. The maximum Gasteiger partial charge on any atom is 0.184 e. The van der Waals surface area contributed by atoms with Crippen LogP contribution in [0.2, 0.25) is 0 Å². The molecule has 112 valence electrons. The Labute approximate surface area is 117 Å². The highest BCUT2D eigenvalue weighted by molar-refractivity contribution is 5.26. The largest absolute Gasteiger partial charge is 0.497 e. The molecule has 0 amide bonds. The van der Waals surface area contributed by atoms with Gasteiger partial charge in [0.1, 0.15) is 24.1 Å². The van der Waals surface area contributed by atoms with Gasteiger partial charge >= 0.3 is 0 Å². The molecule has 6 heteroatoms. The van der Waals surface area contributed by atoms with Gasteiger partial charge in [-0.25, -0.2) is 0 Å².